The van der Waals surface area contributed by atoms with Gasteiger partial charge in [-0.3, -0.25) is 9.48 Å². The zero-order chi connectivity index (χ0) is 15.2. The van der Waals surface area contributed by atoms with Crippen LogP contribution in [0.5, 0.6) is 0 Å². The average molecular weight is 287 g/mol. The molecule has 0 amide bonds. The van der Waals surface area contributed by atoms with Gasteiger partial charge in [0.1, 0.15) is 5.69 Å². The fraction of sp³-hybridized carbons (Fsp3) is 0.471. The number of rotatable bonds is 7. The molecule has 0 bridgehead atoms. The van der Waals surface area contributed by atoms with Crippen molar-refractivity contribution in [3.8, 4) is 0 Å². The van der Waals surface area contributed by atoms with Crippen LogP contribution >= 0.6 is 0 Å². The highest BCUT2D eigenvalue weighted by Gasteiger charge is 2.15. The number of aryl methyl sites for hydroxylation is 1. The minimum Gasteiger partial charge on any atom is -0.393 e. The molecule has 0 aliphatic carbocycles. The predicted molar refractivity (Wildman–Crippen MR) is 87.5 cm³/mol. The van der Waals surface area contributed by atoms with Gasteiger partial charge in [0, 0.05) is 13.1 Å². The number of aromatic nitrogens is 2. The van der Waals surface area contributed by atoms with E-state index >= 15 is 0 Å². The van der Waals surface area contributed by atoms with Gasteiger partial charge in [0.15, 0.2) is 0 Å². The van der Waals surface area contributed by atoms with Crippen LogP contribution in [0.15, 0.2) is 35.1 Å². The molecule has 0 atom stereocenters. The highest BCUT2D eigenvalue weighted by atomic mass is 16.1. The van der Waals surface area contributed by atoms with Crippen molar-refractivity contribution in [2.75, 3.05) is 5.73 Å². The van der Waals surface area contributed by atoms with E-state index in [4.69, 9.17) is 5.73 Å². The summed E-state index contributed by atoms with van der Waals surface area (Å²) in [6.45, 7) is 5.74. The quantitative estimate of drug-likeness (QED) is 0.851. The van der Waals surface area contributed by atoms with Crippen LogP contribution in [0.2, 0.25) is 0 Å². The third-order valence-electron chi connectivity index (χ3n) is 3.83. The molecule has 1 aromatic heterocycles. The minimum atomic E-state index is -0.0339. The van der Waals surface area contributed by atoms with E-state index in [1.54, 1.807) is 0 Å². The zero-order valence-corrected chi connectivity index (χ0v) is 13.0. The maximum atomic E-state index is 12.3. The zero-order valence-electron chi connectivity index (χ0n) is 13.0. The summed E-state index contributed by atoms with van der Waals surface area (Å²) in [7, 11) is 0. The standard InChI is InChI=1S/C17H25N3O/c1-3-12-19-15(4-2)16(18)17(21)20(19)13-8-11-14-9-6-5-7-10-14/h5-7,9-10H,3-4,8,11-13,18H2,1-2H3. The highest BCUT2D eigenvalue weighted by molar-refractivity contribution is 5.41. The van der Waals surface area contributed by atoms with Crippen LogP contribution in [0.25, 0.3) is 0 Å². The van der Waals surface area contributed by atoms with Crippen molar-refractivity contribution >= 4 is 5.69 Å². The van der Waals surface area contributed by atoms with Gasteiger partial charge in [-0.15, -0.1) is 0 Å². The van der Waals surface area contributed by atoms with E-state index in [1.165, 1.54) is 5.56 Å². The Balaban J connectivity index is 2.14. The Labute approximate surface area is 126 Å². The summed E-state index contributed by atoms with van der Waals surface area (Å²) in [4.78, 5) is 12.3. The molecule has 4 nitrogen and oxygen atoms in total. The summed E-state index contributed by atoms with van der Waals surface area (Å²) in [6, 6.07) is 10.4. The number of anilines is 1. The van der Waals surface area contributed by atoms with Gasteiger partial charge in [0.2, 0.25) is 0 Å². The topological polar surface area (TPSA) is 52.9 Å². The molecule has 2 aromatic rings. The number of hydrogen-bond acceptors (Lipinski definition) is 2. The second kappa shape index (κ2) is 7.16. The molecule has 0 unspecified atom stereocenters. The first-order valence-corrected chi connectivity index (χ1v) is 7.80. The summed E-state index contributed by atoms with van der Waals surface area (Å²) < 4.78 is 3.89. The van der Waals surface area contributed by atoms with Crippen molar-refractivity contribution in [1.82, 2.24) is 9.36 Å². The highest BCUT2D eigenvalue weighted by Crippen LogP contribution is 2.11. The van der Waals surface area contributed by atoms with Crippen LogP contribution in [0.3, 0.4) is 0 Å². The molecule has 4 heteroatoms. The fourth-order valence-corrected chi connectivity index (χ4v) is 2.80. The summed E-state index contributed by atoms with van der Waals surface area (Å²) in [6.07, 6.45) is 3.72. The first-order valence-electron chi connectivity index (χ1n) is 7.80. The second-order valence-electron chi connectivity index (χ2n) is 5.35. The molecule has 2 rings (SSSR count). The molecule has 0 saturated carbocycles. The molecule has 1 heterocycles. The maximum Gasteiger partial charge on any atom is 0.290 e. The second-order valence-corrected chi connectivity index (χ2v) is 5.35. The molecule has 2 N–H and O–H groups in total. The van der Waals surface area contributed by atoms with Crippen molar-refractivity contribution < 1.29 is 0 Å². The summed E-state index contributed by atoms with van der Waals surface area (Å²) in [5, 5.41) is 0. The van der Waals surface area contributed by atoms with Crippen LogP contribution in [-0.4, -0.2) is 9.36 Å². The van der Waals surface area contributed by atoms with E-state index in [-0.39, 0.29) is 5.56 Å². The first-order chi connectivity index (χ1) is 10.2. The molecule has 1 aromatic carbocycles. The number of nitrogen functional groups attached to an aromatic ring is 1. The van der Waals surface area contributed by atoms with E-state index in [0.717, 1.165) is 44.5 Å². The smallest absolute Gasteiger partial charge is 0.290 e. The van der Waals surface area contributed by atoms with Gasteiger partial charge in [-0.05, 0) is 31.2 Å². The van der Waals surface area contributed by atoms with Crippen molar-refractivity contribution in [1.29, 1.82) is 0 Å². The first kappa shape index (κ1) is 15.4. The molecule has 0 aliphatic heterocycles. The minimum absolute atomic E-state index is 0.0339. The summed E-state index contributed by atoms with van der Waals surface area (Å²) in [5.74, 6) is 0. The van der Waals surface area contributed by atoms with Gasteiger partial charge in [0.25, 0.3) is 5.56 Å². The summed E-state index contributed by atoms with van der Waals surface area (Å²) in [5.41, 5.74) is 8.64. The largest absolute Gasteiger partial charge is 0.393 e. The molecule has 0 aliphatic rings. The Bertz CT molecular complexity index is 625. The molecule has 21 heavy (non-hydrogen) atoms. The van der Waals surface area contributed by atoms with Gasteiger partial charge in [-0.2, -0.15) is 0 Å². The monoisotopic (exact) mass is 287 g/mol. The lowest BCUT2D eigenvalue weighted by atomic mass is 10.1. The lowest BCUT2D eigenvalue weighted by molar-refractivity contribution is 0.418. The van der Waals surface area contributed by atoms with Crippen LogP contribution in [-0.2, 0) is 25.9 Å². The lowest BCUT2D eigenvalue weighted by Crippen LogP contribution is -2.24. The van der Waals surface area contributed by atoms with Gasteiger partial charge in [0.05, 0.1) is 5.69 Å². The Hall–Kier alpha value is -1.97. The van der Waals surface area contributed by atoms with Gasteiger partial charge in [-0.25, -0.2) is 4.68 Å². The normalized spacial score (nSPS) is 11.0. The SMILES string of the molecule is CCCn1c(CC)c(N)c(=O)n1CCCc1ccccc1. The van der Waals surface area contributed by atoms with E-state index in [9.17, 15) is 4.79 Å². The van der Waals surface area contributed by atoms with Crippen molar-refractivity contribution in [3.63, 3.8) is 0 Å². The lowest BCUT2D eigenvalue weighted by Gasteiger charge is -2.13. The Morgan fingerprint density at radius 1 is 1.05 bits per heavy atom. The number of nitrogens with zero attached hydrogens (tertiary/aromatic N) is 2. The van der Waals surface area contributed by atoms with Crippen LogP contribution < -0.4 is 11.3 Å². The van der Waals surface area contributed by atoms with Crippen molar-refractivity contribution in [2.45, 2.75) is 52.6 Å². The van der Waals surface area contributed by atoms with Gasteiger partial charge < -0.3 is 5.73 Å². The van der Waals surface area contributed by atoms with E-state index < -0.39 is 0 Å². The summed E-state index contributed by atoms with van der Waals surface area (Å²) >= 11 is 0. The molecule has 0 fully saturated rings. The van der Waals surface area contributed by atoms with Gasteiger partial charge >= 0.3 is 0 Å². The van der Waals surface area contributed by atoms with Crippen molar-refractivity contribution in [2.24, 2.45) is 0 Å². The average Bonchev–Trinajstić information content (AvgIpc) is 2.73. The van der Waals surface area contributed by atoms with E-state index in [0.29, 0.717) is 5.69 Å². The van der Waals surface area contributed by atoms with E-state index in [1.807, 2.05) is 17.7 Å². The third-order valence-corrected chi connectivity index (χ3v) is 3.83. The number of nitrogens with two attached hydrogens (primary N) is 1. The van der Waals surface area contributed by atoms with Crippen LogP contribution in [0.1, 0.15) is 37.9 Å². The molecule has 0 spiro atoms. The fourth-order valence-electron chi connectivity index (χ4n) is 2.80. The molecular formula is C17H25N3O. The maximum absolute atomic E-state index is 12.3. The van der Waals surface area contributed by atoms with Gasteiger partial charge in [-0.1, -0.05) is 44.2 Å². The third kappa shape index (κ3) is 3.38. The Kier molecular flexibility index (Phi) is 5.26. The molecule has 0 saturated heterocycles. The van der Waals surface area contributed by atoms with Crippen LogP contribution in [0, 0.1) is 0 Å². The van der Waals surface area contributed by atoms with E-state index in [2.05, 4.69) is 35.9 Å². The number of hydrogen-bond donors (Lipinski definition) is 1. The molecule has 114 valence electrons. The number of benzene rings is 1. The molecule has 0 radical (unpaired) electrons. The predicted octanol–water partition coefficient (Wildman–Crippen LogP) is 2.84. The Morgan fingerprint density at radius 2 is 1.76 bits per heavy atom. The van der Waals surface area contributed by atoms with Crippen molar-refractivity contribution in [3.05, 3.63) is 51.9 Å². The Morgan fingerprint density at radius 3 is 2.38 bits per heavy atom. The van der Waals surface area contributed by atoms with Crippen LogP contribution in [0.4, 0.5) is 5.69 Å². The molecular weight excluding hydrogens is 262 g/mol.